The summed E-state index contributed by atoms with van der Waals surface area (Å²) in [6.07, 6.45) is 1.32. The highest BCUT2D eigenvalue weighted by Crippen LogP contribution is 2.35. The standard InChI is InChI=1S/C19H17N3O4S/c1-20-19(27)22-21-10-12-13(23)8-16-17(18(12)25-2)14(24)9-15(26-16)11-6-4-3-5-7-11/h3-10,23H,1-2H3,(H2,20,22,27)/b21-10+. The Hall–Kier alpha value is -3.39. The van der Waals surface area contributed by atoms with Gasteiger partial charge in [0, 0.05) is 24.7 Å². The molecule has 27 heavy (non-hydrogen) atoms. The fraction of sp³-hybridized carbons (Fsp3) is 0.105. The number of rotatable bonds is 4. The number of hydrazone groups is 1. The molecule has 7 nitrogen and oxygen atoms in total. The Morgan fingerprint density at radius 3 is 2.70 bits per heavy atom. The molecule has 3 N–H and O–H groups in total. The summed E-state index contributed by atoms with van der Waals surface area (Å²) in [6.45, 7) is 0. The van der Waals surface area contributed by atoms with Gasteiger partial charge in [0.15, 0.2) is 10.5 Å². The van der Waals surface area contributed by atoms with Gasteiger partial charge in [0.05, 0.1) is 18.9 Å². The molecule has 0 atom stereocenters. The van der Waals surface area contributed by atoms with Crippen molar-refractivity contribution < 1.29 is 14.3 Å². The van der Waals surface area contributed by atoms with Crippen LogP contribution in [0.25, 0.3) is 22.3 Å². The molecular formula is C19H17N3O4S. The summed E-state index contributed by atoms with van der Waals surface area (Å²) in [7, 11) is 3.05. The molecule has 3 rings (SSSR count). The van der Waals surface area contributed by atoms with Gasteiger partial charge < -0.3 is 19.6 Å². The Bertz CT molecular complexity index is 1080. The molecule has 8 heteroatoms. The van der Waals surface area contributed by atoms with Crippen LogP contribution in [0, 0.1) is 0 Å². The van der Waals surface area contributed by atoms with Crippen LogP contribution in [0.3, 0.4) is 0 Å². The SMILES string of the molecule is CNC(=S)N/N=C/c1c(O)cc2oc(-c3ccccc3)cc(=O)c2c1OC. The maximum Gasteiger partial charge on any atom is 0.197 e. The molecule has 0 amide bonds. The first-order chi connectivity index (χ1) is 13.0. The van der Waals surface area contributed by atoms with Gasteiger partial charge in [-0.05, 0) is 12.2 Å². The molecule has 0 unspecified atom stereocenters. The van der Waals surface area contributed by atoms with Crippen molar-refractivity contribution in [3.05, 3.63) is 58.3 Å². The zero-order valence-electron chi connectivity index (χ0n) is 14.6. The van der Waals surface area contributed by atoms with Crippen molar-refractivity contribution in [2.24, 2.45) is 5.10 Å². The van der Waals surface area contributed by atoms with Crippen LogP contribution < -0.4 is 20.9 Å². The number of phenols is 1. The Morgan fingerprint density at radius 2 is 2.04 bits per heavy atom. The minimum atomic E-state index is -0.291. The average Bonchev–Trinajstić information content (AvgIpc) is 2.68. The van der Waals surface area contributed by atoms with Crippen LogP contribution >= 0.6 is 12.2 Å². The van der Waals surface area contributed by atoms with Crippen LogP contribution in [-0.2, 0) is 0 Å². The lowest BCUT2D eigenvalue weighted by Gasteiger charge is -2.11. The molecule has 138 valence electrons. The number of nitrogens with zero attached hydrogens (tertiary/aromatic N) is 1. The molecule has 2 aromatic carbocycles. The highest BCUT2D eigenvalue weighted by Gasteiger charge is 2.18. The van der Waals surface area contributed by atoms with Crippen molar-refractivity contribution in [3.8, 4) is 22.8 Å². The van der Waals surface area contributed by atoms with Crippen molar-refractivity contribution in [2.45, 2.75) is 0 Å². The van der Waals surface area contributed by atoms with Crippen molar-refractivity contribution >= 4 is 34.5 Å². The van der Waals surface area contributed by atoms with Gasteiger partial charge in [0.2, 0.25) is 0 Å². The molecule has 0 spiro atoms. The van der Waals surface area contributed by atoms with Gasteiger partial charge >= 0.3 is 0 Å². The van der Waals surface area contributed by atoms with Gasteiger partial charge in [0.25, 0.3) is 0 Å². The van der Waals surface area contributed by atoms with Crippen molar-refractivity contribution in [1.82, 2.24) is 10.7 Å². The molecule has 0 aliphatic heterocycles. The third-order valence-electron chi connectivity index (χ3n) is 3.84. The Kier molecular flexibility index (Phi) is 5.37. The highest BCUT2D eigenvalue weighted by molar-refractivity contribution is 7.80. The molecule has 0 saturated carbocycles. The molecule has 1 aromatic heterocycles. The lowest BCUT2D eigenvalue weighted by Crippen LogP contribution is -2.28. The van der Waals surface area contributed by atoms with Crippen molar-refractivity contribution in [1.29, 1.82) is 0 Å². The Balaban J connectivity index is 2.16. The highest BCUT2D eigenvalue weighted by atomic mass is 32.1. The first kappa shape index (κ1) is 18.4. The minimum Gasteiger partial charge on any atom is -0.507 e. The third-order valence-corrected chi connectivity index (χ3v) is 4.14. The van der Waals surface area contributed by atoms with E-state index in [1.807, 2.05) is 30.3 Å². The lowest BCUT2D eigenvalue weighted by atomic mass is 10.1. The molecule has 0 aliphatic carbocycles. The van der Waals surface area contributed by atoms with E-state index < -0.39 is 0 Å². The number of hydrogen-bond acceptors (Lipinski definition) is 6. The first-order valence-corrected chi connectivity index (χ1v) is 8.40. The lowest BCUT2D eigenvalue weighted by molar-refractivity contribution is 0.410. The normalized spacial score (nSPS) is 10.9. The van der Waals surface area contributed by atoms with Gasteiger partial charge in [-0.2, -0.15) is 5.10 Å². The Labute approximate surface area is 160 Å². The zero-order valence-corrected chi connectivity index (χ0v) is 15.5. The van der Waals surface area contributed by atoms with Gasteiger partial charge in [-0.25, -0.2) is 0 Å². The second-order valence-corrected chi connectivity index (χ2v) is 5.91. The number of hydrogen-bond donors (Lipinski definition) is 3. The molecule has 0 radical (unpaired) electrons. The molecule has 0 bridgehead atoms. The van der Waals surface area contributed by atoms with E-state index >= 15 is 0 Å². The summed E-state index contributed by atoms with van der Waals surface area (Å²) < 4.78 is 11.2. The molecule has 0 fully saturated rings. The third kappa shape index (κ3) is 3.75. The fourth-order valence-corrected chi connectivity index (χ4v) is 2.64. The first-order valence-electron chi connectivity index (χ1n) is 7.99. The molecular weight excluding hydrogens is 366 g/mol. The Morgan fingerprint density at radius 1 is 1.30 bits per heavy atom. The van der Waals surface area contributed by atoms with E-state index in [2.05, 4.69) is 15.8 Å². The smallest absolute Gasteiger partial charge is 0.197 e. The summed E-state index contributed by atoms with van der Waals surface area (Å²) in [4.78, 5) is 12.7. The van der Waals surface area contributed by atoms with Crippen LogP contribution in [0.1, 0.15) is 5.56 Å². The number of methoxy groups -OCH3 is 1. The van der Waals surface area contributed by atoms with E-state index in [0.717, 1.165) is 5.56 Å². The number of ether oxygens (including phenoxy) is 1. The van der Waals surface area contributed by atoms with E-state index in [0.29, 0.717) is 10.9 Å². The number of nitrogens with one attached hydrogen (secondary N) is 2. The number of fused-ring (bicyclic) bond motifs is 1. The minimum absolute atomic E-state index is 0.145. The van der Waals surface area contributed by atoms with Crippen LogP contribution in [-0.4, -0.2) is 30.6 Å². The van der Waals surface area contributed by atoms with Gasteiger partial charge in [-0.3, -0.25) is 10.2 Å². The van der Waals surface area contributed by atoms with Crippen molar-refractivity contribution in [3.63, 3.8) is 0 Å². The summed E-state index contributed by atoms with van der Waals surface area (Å²) in [6, 6.07) is 12.0. The number of thiocarbonyl (C=S) groups is 1. The van der Waals surface area contributed by atoms with Crippen LogP contribution in [0.5, 0.6) is 11.5 Å². The van der Waals surface area contributed by atoms with E-state index in [-0.39, 0.29) is 33.5 Å². The topological polar surface area (TPSA) is 96.1 Å². The molecule has 3 aromatic rings. The summed E-state index contributed by atoms with van der Waals surface area (Å²) in [5, 5.41) is 17.5. The summed E-state index contributed by atoms with van der Waals surface area (Å²) in [5.41, 5.74) is 3.48. The quantitative estimate of drug-likeness (QED) is 0.362. The second-order valence-electron chi connectivity index (χ2n) is 5.51. The van der Waals surface area contributed by atoms with Gasteiger partial charge in [-0.15, -0.1) is 0 Å². The zero-order chi connectivity index (χ0) is 19.4. The second kappa shape index (κ2) is 7.88. The molecule has 0 aliphatic rings. The molecule has 0 saturated heterocycles. The average molecular weight is 383 g/mol. The number of aromatic hydroxyl groups is 1. The number of benzene rings is 2. The molecule has 1 heterocycles. The predicted molar refractivity (Wildman–Crippen MR) is 109 cm³/mol. The van der Waals surface area contributed by atoms with E-state index in [1.54, 1.807) is 7.05 Å². The van der Waals surface area contributed by atoms with E-state index in [1.165, 1.54) is 25.5 Å². The van der Waals surface area contributed by atoms with Crippen LogP contribution in [0.4, 0.5) is 0 Å². The predicted octanol–water partition coefficient (Wildman–Crippen LogP) is 2.60. The van der Waals surface area contributed by atoms with Gasteiger partial charge in [-0.1, -0.05) is 30.3 Å². The van der Waals surface area contributed by atoms with E-state index in [9.17, 15) is 9.90 Å². The van der Waals surface area contributed by atoms with Crippen LogP contribution in [0.2, 0.25) is 0 Å². The van der Waals surface area contributed by atoms with Gasteiger partial charge in [0.1, 0.15) is 28.2 Å². The van der Waals surface area contributed by atoms with Crippen molar-refractivity contribution in [2.75, 3.05) is 14.2 Å². The maximum absolute atomic E-state index is 12.7. The van der Waals surface area contributed by atoms with Crippen LogP contribution in [0.15, 0.2) is 56.8 Å². The maximum atomic E-state index is 12.7. The largest absolute Gasteiger partial charge is 0.507 e. The van der Waals surface area contributed by atoms with E-state index in [4.69, 9.17) is 21.4 Å². The fourth-order valence-electron chi connectivity index (χ4n) is 2.58. The monoisotopic (exact) mass is 383 g/mol. The summed E-state index contributed by atoms with van der Waals surface area (Å²) in [5.74, 6) is 0.421. The summed E-state index contributed by atoms with van der Waals surface area (Å²) >= 11 is 4.93. The number of phenolic OH excluding ortho intramolecular Hbond substituents is 1.